The molecule has 6 heteroatoms. The number of benzene rings is 3. The summed E-state index contributed by atoms with van der Waals surface area (Å²) in [4.78, 5) is 38.8. The van der Waals surface area contributed by atoms with Crippen LogP contribution < -0.4 is 10.2 Å². The average Bonchev–Trinajstić information content (AvgIpc) is 3.16. The minimum Gasteiger partial charge on any atom is -0.455 e. The largest absolute Gasteiger partial charge is 0.455 e. The van der Waals surface area contributed by atoms with Crippen molar-refractivity contribution in [2.24, 2.45) is 5.92 Å². The minimum absolute atomic E-state index is 0.0801. The van der Waals surface area contributed by atoms with Gasteiger partial charge in [0, 0.05) is 29.7 Å². The third-order valence-corrected chi connectivity index (χ3v) is 5.67. The zero-order valence-corrected chi connectivity index (χ0v) is 17.6. The van der Waals surface area contributed by atoms with E-state index in [1.165, 1.54) is 0 Å². The molecular weight excluding hydrogens is 392 g/mol. The van der Waals surface area contributed by atoms with E-state index < -0.39 is 24.4 Å². The summed E-state index contributed by atoms with van der Waals surface area (Å²) < 4.78 is 5.22. The van der Waals surface area contributed by atoms with Crippen LogP contribution in [0.4, 0.5) is 11.4 Å². The second kappa shape index (κ2) is 8.60. The summed E-state index contributed by atoms with van der Waals surface area (Å²) >= 11 is 0. The first-order chi connectivity index (χ1) is 14.9. The molecule has 0 bridgehead atoms. The number of esters is 1. The van der Waals surface area contributed by atoms with Crippen molar-refractivity contribution < 1.29 is 19.1 Å². The molecule has 6 nitrogen and oxygen atoms in total. The number of anilines is 2. The second-order valence-electron chi connectivity index (χ2n) is 7.86. The van der Waals surface area contributed by atoms with Gasteiger partial charge in [0.05, 0.1) is 5.92 Å². The van der Waals surface area contributed by atoms with Crippen LogP contribution in [0.1, 0.15) is 17.5 Å². The molecule has 1 aliphatic heterocycles. The Hall–Kier alpha value is -3.67. The zero-order chi connectivity index (χ0) is 22.0. The Morgan fingerprint density at radius 1 is 1.03 bits per heavy atom. The number of nitrogens with zero attached hydrogens (tertiary/aromatic N) is 1. The molecule has 1 fully saturated rings. The zero-order valence-electron chi connectivity index (χ0n) is 17.6. The molecule has 1 heterocycles. The molecule has 1 atom stereocenters. The minimum atomic E-state index is -0.584. The Kier molecular flexibility index (Phi) is 5.71. The Labute approximate surface area is 180 Å². The molecule has 2 amide bonds. The summed E-state index contributed by atoms with van der Waals surface area (Å²) in [6.07, 6.45) is 0.0801. The third-order valence-electron chi connectivity index (χ3n) is 5.67. The lowest BCUT2D eigenvalue weighted by atomic mass is 10.1. The van der Waals surface area contributed by atoms with Gasteiger partial charge in [-0.3, -0.25) is 14.4 Å². The van der Waals surface area contributed by atoms with Crippen LogP contribution in [0.5, 0.6) is 0 Å². The molecule has 1 aliphatic rings. The number of nitrogens with one attached hydrogen (secondary N) is 1. The van der Waals surface area contributed by atoms with E-state index in [2.05, 4.69) is 5.32 Å². The predicted molar refractivity (Wildman–Crippen MR) is 120 cm³/mol. The summed E-state index contributed by atoms with van der Waals surface area (Å²) in [5.41, 5.74) is 3.67. The monoisotopic (exact) mass is 416 g/mol. The van der Waals surface area contributed by atoms with Gasteiger partial charge in [0.2, 0.25) is 5.91 Å². The number of rotatable bonds is 5. The maximum Gasteiger partial charge on any atom is 0.311 e. The Bertz CT molecular complexity index is 1170. The fourth-order valence-corrected chi connectivity index (χ4v) is 3.78. The van der Waals surface area contributed by atoms with Crippen LogP contribution in [0.15, 0.2) is 60.7 Å². The molecule has 1 N–H and O–H groups in total. The van der Waals surface area contributed by atoms with E-state index >= 15 is 0 Å². The van der Waals surface area contributed by atoms with Gasteiger partial charge in [-0.05, 0) is 48.6 Å². The summed E-state index contributed by atoms with van der Waals surface area (Å²) in [5.74, 6) is -1.65. The van der Waals surface area contributed by atoms with Crippen molar-refractivity contribution in [1.82, 2.24) is 0 Å². The fraction of sp³-hybridized carbons (Fsp3) is 0.240. The molecule has 0 aliphatic carbocycles. The van der Waals surface area contributed by atoms with Crippen molar-refractivity contribution in [3.8, 4) is 0 Å². The van der Waals surface area contributed by atoms with Crippen molar-refractivity contribution in [3.63, 3.8) is 0 Å². The number of hydrogen-bond acceptors (Lipinski definition) is 4. The number of amides is 2. The van der Waals surface area contributed by atoms with E-state index in [1.807, 2.05) is 68.4 Å². The molecule has 31 heavy (non-hydrogen) atoms. The molecular formula is C25H24N2O4. The first kappa shape index (κ1) is 20.6. The number of carbonyl (C=O) groups excluding carboxylic acids is 3. The normalized spacial score (nSPS) is 15.9. The molecule has 1 saturated heterocycles. The van der Waals surface area contributed by atoms with E-state index in [0.29, 0.717) is 5.69 Å². The van der Waals surface area contributed by atoms with Gasteiger partial charge in [0.1, 0.15) is 0 Å². The summed E-state index contributed by atoms with van der Waals surface area (Å²) in [6, 6.07) is 19.1. The van der Waals surface area contributed by atoms with Crippen molar-refractivity contribution >= 4 is 39.9 Å². The van der Waals surface area contributed by atoms with Gasteiger partial charge in [0.15, 0.2) is 6.61 Å². The smallest absolute Gasteiger partial charge is 0.311 e. The van der Waals surface area contributed by atoms with Crippen molar-refractivity contribution in [1.29, 1.82) is 0 Å². The lowest BCUT2D eigenvalue weighted by Gasteiger charge is -2.18. The summed E-state index contributed by atoms with van der Waals surface area (Å²) in [6.45, 7) is 3.86. The first-order valence-electron chi connectivity index (χ1n) is 10.2. The number of fused-ring (bicyclic) bond motifs is 1. The lowest BCUT2D eigenvalue weighted by molar-refractivity contribution is -0.151. The highest BCUT2D eigenvalue weighted by Crippen LogP contribution is 2.27. The van der Waals surface area contributed by atoms with Gasteiger partial charge >= 0.3 is 5.97 Å². The Morgan fingerprint density at radius 2 is 1.81 bits per heavy atom. The second-order valence-corrected chi connectivity index (χ2v) is 7.86. The molecule has 4 rings (SSSR count). The quantitative estimate of drug-likeness (QED) is 0.638. The summed E-state index contributed by atoms with van der Waals surface area (Å²) in [7, 11) is 0. The highest BCUT2D eigenvalue weighted by atomic mass is 16.5. The van der Waals surface area contributed by atoms with Crippen molar-refractivity contribution in [3.05, 3.63) is 71.8 Å². The van der Waals surface area contributed by atoms with Crippen LogP contribution in [0.25, 0.3) is 10.8 Å². The number of carbonyl (C=O) groups is 3. The molecule has 0 saturated carbocycles. The third kappa shape index (κ3) is 4.43. The van der Waals surface area contributed by atoms with Crippen molar-refractivity contribution in [2.45, 2.75) is 20.3 Å². The van der Waals surface area contributed by atoms with Gasteiger partial charge in [-0.2, -0.15) is 0 Å². The van der Waals surface area contributed by atoms with Gasteiger partial charge < -0.3 is 15.0 Å². The van der Waals surface area contributed by atoms with Gasteiger partial charge in [-0.15, -0.1) is 0 Å². The first-order valence-corrected chi connectivity index (χ1v) is 10.2. The van der Waals surface area contributed by atoms with Crippen LogP contribution >= 0.6 is 0 Å². The Balaban J connectivity index is 1.35. The van der Waals surface area contributed by atoms with Gasteiger partial charge in [-0.1, -0.05) is 42.5 Å². The van der Waals surface area contributed by atoms with E-state index in [9.17, 15) is 14.4 Å². The molecule has 0 radical (unpaired) electrons. The van der Waals surface area contributed by atoms with Gasteiger partial charge in [-0.25, -0.2) is 0 Å². The number of ether oxygens (including phenoxy) is 1. The van der Waals surface area contributed by atoms with Crippen LogP contribution in [-0.4, -0.2) is 30.9 Å². The summed E-state index contributed by atoms with van der Waals surface area (Å²) in [5, 5.41) is 4.71. The Morgan fingerprint density at radius 3 is 2.61 bits per heavy atom. The topological polar surface area (TPSA) is 75.7 Å². The highest BCUT2D eigenvalue weighted by Gasteiger charge is 2.36. The average molecular weight is 416 g/mol. The molecule has 3 aromatic rings. The van der Waals surface area contributed by atoms with Crippen LogP contribution in [0, 0.1) is 19.8 Å². The molecule has 0 aromatic heterocycles. The maximum atomic E-state index is 12.5. The molecule has 3 aromatic carbocycles. The number of hydrogen-bond donors (Lipinski definition) is 1. The van der Waals surface area contributed by atoms with Gasteiger partial charge in [0.25, 0.3) is 5.91 Å². The molecule has 158 valence electrons. The van der Waals surface area contributed by atoms with Crippen LogP contribution in [0.2, 0.25) is 0 Å². The van der Waals surface area contributed by atoms with Crippen molar-refractivity contribution in [2.75, 3.05) is 23.4 Å². The SMILES string of the molecule is Cc1ccc(N2C[C@H](C(=O)OCC(=O)Nc3cccc4ccccc34)CC2=O)cc1C. The molecule has 0 spiro atoms. The van der Waals surface area contributed by atoms with E-state index in [1.54, 1.807) is 11.0 Å². The van der Waals surface area contributed by atoms with Crippen LogP contribution in [-0.2, 0) is 19.1 Å². The number of aryl methyl sites for hydroxylation is 2. The molecule has 0 unspecified atom stereocenters. The predicted octanol–water partition coefficient (Wildman–Crippen LogP) is 3.99. The van der Waals surface area contributed by atoms with E-state index in [-0.39, 0.29) is 18.9 Å². The standard InChI is InChI=1S/C25H24N2O4/c1-16-10-11-20(12-17(16)2)27-14-19(13-24(27)29)25(30)31-15-23(28)26-22-9-5-7-18-6-3-4-8-21(18)22/h3-12,19H,13-15H2,1-2H3,(H,26,28)/t19-/m1/s1. The van der Waals surface area contributed by atoms with E-state index in [4.69, 9.17) is 4.74 Å². The van der Waals surface area contributed by atoms with Crippen LogP contribution in [0.3, 0.4) is 0 Å². The fourth-order valence-electron chi connectivity index (χ4n) is 3.78. The highest BCUT2D eigenvalue weighted by molar-refractivity contribution is 6.03. The maximum absolute atomic E-state index is 12.5. The van der Waals surface area contributed by atoms with E-state index in [0.717, 1.165) is 27.6 Å². The lowest BCUT2D eigenvalue weighted by Crippen LogP contribution is -2.28.